The van der Waals surface area contributed by atoms with Gasteiger partial charge >= 0.3 is 0 Å². The van der Waals surface area contributed by atoms with E-state index in [-0.39, 0.29) is 5.75 Å². The summed E-state index contributed by atoms with van der Waals surface area (Å²) in [5.41, 5.74) is 1.30. The molecule has 1 saturated carbocycles. The molecule has 2 atom stereocenters. The lowest BCUT2D eigenvalue weighted by Crippen LogP contribution is -1.85. The van der Waals surface area contributed by atoms with Crippen molar-refractivity contribution in [2.24, 2.45) is 5.92 Å². The highest BCUT2D eigenvalue weighted by Crippen LogP contribution is 2.51. The topological polar surface area (TPSA) is 20.2 Å². The summed E-state index contributed by atoms with van der Waals surface area (Å²) >= 11 is 5.91. The minimum Gasteiger partial charge on any atom is -0.506 e. The number of hydrogen-bond donors (Lipinski definition) is 1. The van der Waals surface area contributed by atoms with Crippen LogP contribution < -0.4 is 0 Å². The van der Waals surface area contributed by atoms with E-state index in [1.807, 2.05) is 12.1 Å². The molecule has 0 heterocycles. The molecule has 2 heteroatoms. The number of hydrogen-bond acceptors (Lipinski definition) is 1. The van der Waals surface area contributed by atoms with Crippen LogP contribution in [0.2, 0.25) is 5.02 Å². The highest BCUT2D eigenvalue weighted by Gasteiger charge is 2.37. The summed E-state index contributed by atoms with van der Waals surface area (Å²) in [7, 11) is 0. The van der Waals surface area contributed by atoms with Crippen molar-refractivity contribution < 1.29 is 5.11 Å². The van der Waals surface area contributed by atoms with Crippen LogP contribution in [0.3, 0.4) is 0 Å². The van der Waals surface area contributed by atoms with Crippen molar-refractivity contribution in [3.63, 3.8) is 0 Å². The van der Waals surface area contributed by atoms with Crippen LogP contribution in [0.15, 0.2) is 18.2 Å². The highest BCUT2D eigenvalue weighted by molar-refractivity contribution is 6.32. The van der Waals surface area contributed by atoms with Crippen molar-refractivity contribution in [3.05, 3.63) is 28.8 Å². The predicted molar refractivity (Wildman–Crippen MR) is 68.1 cm³/mol. The molecule has 0 saturated heterocycles. The van der Waals surface area contributed by atoms with Crippen LogP contribution in [0.25, 0.3) is 0 Å². The van der Waals surface area contributed by atoms with Crippen molar-refractivity contribution in [2.45, 2.75) is 44.9 Å². The Morgan fingerprint density at radius 3 is 2.88 bits per heavy atom. The van der Waals surface area contributed by atoms with Crippen LogP contribution in [-0.4, -0.2) is 5.11 Å². The summed E-state index contributed by atoms with van der Waals surface area (Å²) in [6.45, 7) is 2.24. The molecule has 1 aliphatic rings. The molecule has 2 rings (SSSR count). The van der Waals surface area contributed by atoms with Crippen molar-refractivity contribution in [1.82, 2.24) is 0 Å². The van der Waals surface area contributed by atoms with Gasteiger partial charge in [0.2, 0.25) is 0 Å². The van der Waals surface area contributed by atoms with Gasteiger partial charge in [0.25, 0.3) is 0 Å². The fourth-order valence-corrected chi connectivity index (χ4v) is 2.57. The van der Waals surface area contributed by atoms with Crippen LogP contribution >= 0.6 is 11.6 Å². The molecule has 1 nitrogen and oxygen atoms in total. The van der Waals surface area contributed by atoms with Crippen molar-refractivity contribution >= 4 is 11.6 Å². The third kappa shape index (κ3) is 2.70. The molecular weight excluding hydrogens is 220 g/mol. The number of aromatic hydroxyl groups is 1. The zero-order chi connectivity index (χ0) is 11.5. The maximum atomic E-state index is 9.35. The van der Waals surface area contributed by atoms with E-state index in [2.05, 4.69) is 6.92 Å². The van der Waals surface area contributed by atoms with Gasteiger partial charge in [-0.05, 0) is 42.4 Å². The maximum absolute atomic E-state index is 9.35. The normalized spacial score (nSPS) is 23.4. The number of phenolic OH excluding ortho intramolecular Hbond substituents is 1. The zero-order valence-electron chi connectivity index (χ0n) is 9.75. The monoisotopic (exact) mass is 238 g/mol. The van der Waals surface area contributed by atoms with Crippen LogP contribution in [0.5, 0.6) is 5.75 Å². The Bertz CT molecular complexity index is 362. The van der Waals surface area contributed by atoms with Crippen LogP contribution in [0.1, 0.15) is 50.5 Å². The molecule has 2 unspecified atom stereocenters. The maximum Gasteiger partial charge on any atom is 0.134 e. The van der Waals surface area contributed by atoms with Gasteiger partial charge in [-0.15, -0.1) is 0 Å². The van der Waals surface area contributed by atoms with E-state index in [0.717, 1.165) is 5.92 Å². The summed E-state index contributed by atoms with van der Waals surface area (Å²) in [5.74, 6) is 1.73. The van der Waals surface area contributed by atoms with Crippen LogP contribution in [0, 0.1) is 5.92 Å². The van der Waals surface area contributed by atoms with E-state index in [1.165, 1.54) is 37.7 Å². The predicted octanol–water partition coefficient (Wildman–Crippen LogP) is 4.73. The Morgan fingerprint density at radius 1 is 1.38 bits per heavy atom. The number of benzene rings is 1. The van der Waals surface area contributed by atoms with Gasteiger partial charge in [0.15, 0.2) is 0 Å². The highest BCUT2D eigenvalue weighted by atomic mass is 35.5. The summed E-state index contributed by atoms with van der Waals surface area (Å²) in [4.78, 5) is 0. The third-order valence-electron chi connectivity index (χ3n) is 3.50. The SMILES string of the molecule is CCCCCC1CC1c1ccc(O)c(Cl)c1. The fraction of sp³-hybridized carbons (Fsp3) is 0.571. The lowest BCUT2D eigenvalue weighted by Gasteiger charge is -2.03. The standard InChI is InChI=1S/C14H19ClO/c1-2-3-4-5-10-8-12(10)11-6-7-14(16)13(15)9-11/h6-7,9-10,12,16H,2-5,8H2,1H3. The largest absolute Gasteiger partial charge is 0.506 e. The molecule has 1 aliphatic carbocycles. The molecule has 0 aromatic heterocycles. The number of rotatable bonds is 5. The van der Waals surface area contributed by atoms with Crippen LogP contribution in [-0.2, 0) is 0 Å². The van der Waals surface area contributed by atoms with Gasteiger partial charge in [-0.3, -0.25) is 0 Å². The van der Waals surface area contributed by atoms with Gasteiger partial charge in [-0.2, -0.15) is 0 Å². The molecule has 0 amide bonds. The first-order chi connectivity index (χ1) is 7.72. The molecule has 1 aromatic rings. The third-order valence-corrected chi connectivity index (χ3v) is 3.80. The lowest BCUT2D eigenvalue weighted by atomic mass is 10.1. The van der Waals surface area contributed by atoms with Crippen LogP contribution in [0.4, 0.5) is 0 Å². The first-order valence-corrected chi connectivity index (χ1v) is 6.58. The van der Waals surface area contributed by atoms with E-state index in [1.54, 1.807) is 6.07 Å². The van der Waals surface area contributed by atoms with Crippen molar-refractivity contribution in [3.8, 4) is 5.75 Å². The molecule has 0 radical (unpaired) electrons. The van der Waals surface area contributed by atoms with Gasteiger partial charge < -0.3 is 5.11 Å². The molecule has 88 valence electrons. The average Bonchev–Trinajstić information content (AvgIpc) is 3.02. The molecule has 1 fully saturated rings. The molecular formula is C14H19ClO. The summed E-state index contributed by atoms with van der Waals surface area (Å²) in [6.07, 6.45) is 6.63. The van der Waals surface area contributed by atoms with E-state index in [0.29, 0.717) is 10.9 Å². The van der Waals surface area contributed by atoms with Gasteiger partial charge in [-0.25, -0.2) is 0 Å². The Morgan fingerprint density at radius 2 is 2.19 bits per heavy atom. The second-order valence-corrected chi connectivity index (χ2v) is 5.22. The van der Waals surface area contributed by atoms with E-state index in [4.69, 9.17) is 11.6 Å². The first kappa shape index (κ1) is 11.8. The smallest absolute Gasteiger partial charge is 0.134 e. The fourth-order valence-electron chi connectivity index (χ4n) is 2.39. The zero-order valence-corrected chi connectivity index (χ0v) is 10.5. The Kier molecular flexibility index (Phi) is 3.75. The second kappa shape index (κ2) is 5.09. The quantitative estimate of drug-likeness (QED) is 0.736. The van der Waals surface area contributed by atoms with Gasteiger partial charge in [0, 0.05) is 0 Å². The van der Waals surface area contributed by atoms with Gasteiger partial charge in [-0.1, -0.05) is 43.9 Å². The number of halogens is 1. The minimum absolute atomic E-state index is 0.189. The molecule has 1 aromatic carbocycles. The van der Waals surface area contributed by atoms with E-state index in [9.17, 15) is 5.11 Å². The van der Waals surface area contributed by atoms with E-state index < -0.39 is 0 Å². The van der Waals surface area contributed by atoms with E-state index >= 15 is 0 Å². The second-order valence-electron chi connectivity index (χ2n) is 4.81. The summed E-state index contributed by atoms with van der Waals surface area (Å²) in [5, 5.41) is 9.84. The Labute approximate surface area is 102 Å². The lowest BCUT2D eigenvalue weighted by molar-refractivity contribution is 0.475. The number of unbranched alkanes of at least 4 members (excludes halogenated alkanes) is 2. The van der Waals surface area contributed by atoms with Crippen molar-refractivity contribution in [2.75, 3.05) is 0 Å². The summed E-state index contributed by atoms with van der Waals surface area (Å²) < 4.78 is 0. The van der Waals surface area contributed by atoms with Gasteiger partial charge in [0.1, 0.15) is 5.75 Å². The molecule has 0 bridgehead atoms. The Hall–Kier alpha value is -0.690. The number of phenols is 1. The first-order valence-electron chi connectivity index (χ1n) is 6.20. The molecule has 16 heavy (non-hydrogen) atoms. The van der Waals surface area contributed by atoms with Gasteiger partial charge in [0.05, 0.1) is 5.02 Å². The molecule has 1 N–H and O–H groups in total. The minimum atomic E-state index is 0.189. The Balaban J connectivity index is 1.88. The summed E-state index contributed by atoms with van der Waals surface area (Å²) in [6, 6.07) is 5.63. The average molecular weight is 239 g/mol. The molecule has 0 aliphatic heterocycles. The molecule has 0 spiro atoms. The van der Waals surface area contributed by atoms with Crippen molar-refractivity contribution in [1.29, 1.82) is 0 Å².